The second kappa shape index (κ2) is 6.55. The third kappa shape index (κ3) is 3.53. The molecule has 0 spiro atoms. The summed E-state index contributed by atoms with van der Waals surface area (Å²) in [5, 5.41) is 12.3. The second-order valence-corrected chi connectivity index (χ2v) is 11.9. The molecule has 29 heavy (non-hydrogen) atoms. The second-order valence-electron chi connectivity index (χ2n) is 7.76. The summed E-state index contributed by atoms with van der Waals surface area (Å²) in [5.74, 6) is 0.193. The van der Waals surface area contributed by atoms with E-state index in [1.807, 2.05) is 6.92 Å². The molecule has 3 aromatic heterocycles. The van der Waals surface area contributed by atoms with Crippen molar-refractivity contribution in [3.8, 4) is 10.1 Å². The molecule has 3 heterocycles. The minimum atomic E-state index is -3.79. The van der Waals surface area contributed by atoms with Crippen LogP contribution in [0.15, 0.2) is 17.0 Å². The van der Waals surface area contributed by atoms with Crippen molar-refractivity contribution in [2.24, 2.45) is 0 Å². The average molecular weight is 507 g/mol. The van der Waals surface area contributed by atoms with Crippen molar-refractivity contribution in [1.29, 1.82) is 0 Å². The summed E-state index contributed by atoms with van der Waals surface area (Å²) in [6, 6.07) is 2.85. The Morgan fingerprint density at radius 3 is 2.62 bits per heavy atom. The quantitative estimate of drug-likeness (QED) is 0.410. The topological polar surface area (TPSA) is 89.2 Å². The third-order valence-electron chi connectivity index (χ3n) is 5.19. The summed E-state index contributed by atoms with van der Waals surface area (Å²) < 4.78 is 56.2. The normalized spacial score (nSPS) is 18.7. The van der Waals surface area contributed by atoms with Crippen molar-refractivity contribution in [3.05, 3.63) is 27.5 Å². The monoisotopic (exact) mass is 507 g/mol. The van der Waals surface area contributed by atoms with E-state index in [2.05, 4.69) is 20.0 Å². The van der Waals surface area contributed by atoms with E-state index < -0.39 is 36.5 Å². The Morgan fingerprint density at radius 2 is 2.03 bits per heavy atom. The zero-order chi connectivity index (χ0) is 20.6. The molecule has 1 N–H and O–H groups in total. The SMILES string of the molecule is CC1(NS(=O)(=O)c2cc(Cl)n3nc(C4CC4)c(-c4nnc(C(F)F)[se]4)c3c2)CC1. The molecule has 0 saturated heterocycles. The van der Waals surface area contributed by atoms with Crippen LogP contribution < -0.4 is 4.72 Å². The van der Waals surface area contributed by atoms with Gasteiger partial charge >= 0.3 is 176 Å². The van der Waals surface area contributed by atoms with E-state index >= 15 is 0 Å². The maximum absolute atomic E-state index is 13.1. The molecular weight excluding hydrogens is 491 g/mol. The number of halogens is 3. The molecule has 3 aromatic rings. The van der Waals surface area contributed by atoms with Crippen LogP contribution in [0.5, 0.6) is 0 Å². The van der Waals surface area contributed by atoms with E-state index in [9.17, 15) is 17.2 Å². The van der Waals surface area contributed by atoms with Gasteiger partial charge in [-0.15, -0.1) is 0 Å². The molecule has 5 rings (SSSR count). The van der Waals surface area contributed by atoms with Crippen molar-refractivity contribution in [2.75, 3.05) is 0 Å². The molecule has 2 aliphatic carbocycles. The predicted molar refractivity (Wildman–Crippen MR) is 103 cm³/mol. The molecular formula is C17H16ClF2N5O2SSe. The van der Waals surface area contributed by atoms with Gasteiger partial charge in [0.25, 0.3) is 0 Å². The van der Waals surface area contributed by atoms with Crippen LogP contribution >= 0.6 is 11.6 Å². The Bertz CT molecular complexity index is 1230. The van der Waals surface area contributed by atoms with Gasteiger partial charge in [0.05, 0.1) is 0 Å². The summed E-state index contributed by atoms with van der Waals surface area (Å²) in [5.41, 5.74) is 1.32. The van der Waals surface area contributed by atoms with E-state index in [0.29, 0.717) is 15.6 Å². The number of hydrogen-bond donors (Lipinski definition) is 1. The zero-order valence-corrected chi connectivity index (χ0v) is 18.5. The molecule has 2 saturated carbocycles. The molecule has 0 bridgehead atoms. The van der Waals surface area contributed by atoms with Crippen molar-refractivity contribution in [3.63, 3.8) is 0 Å². The number of aromatic nitrogens is 4. The van der Waals surface area contributed by atoms with Gasteiger partial charge in [0.1, 0.15) is 0 Å². The first-order valence-corrected chi connectivity index (χ1v) is 12.6. The Balaban J connectivity index is 1.70. The molecule has 0 radical (unpaired) electrons. The molecule has 0 atom stereocenters. The van der Waals surface area contributed by atoms with Crippen LogP contribution in [0, 0.1) is 0 Å². The van der Waals surface area contributed by atoms with E-state index in [0.717, 1.165) is 31.4 Å². The van der Waals surface area contributed by atoms with Gasteiger partial charge in [-0.05, 0) is 0 Å². The van der Waals surface area contributed by atoms with Gasteiger partial charge in [-0.1, -0.05) is 0 Å². The summed E-state index contributed by atoms with van der Waals surface area (Å²) in [4.78, 5) is 0.0210. The fourth-order valence-electron chi connectivity index (χ4n) is 3.21. The Kier molecular flexibility index (Phi) is 4.42. The zero-order valence-electron chi connectivity index (χ0n) is 15.2. The van der Waals surface area contributed by atoms with Crippen molar-refractivity contribution < 1.29 is 17.2 Å². The molecule has 12 heteroatoms. The molecule has 0 aliphatic heterocycles. The van der Waals surface area contributed by atoms with Crippen LogP contribution in [0.25, 0.3) is 15.6 Å². The van der Waals surface area contributed by atoms with Crippen LogP contribution in [-0.4, -0.2) is 48.3 Å². The van der Waals surface area contributed by atoms with Gasteiger partial charge < -0.3 is 0 Å². The van der Waals surface area contributed by atoms with Crippen LogP contribution in [0.2, 0.25) is 5.15 Å². The first kappa shape index (κ1) is 19.6. The molecule has 0 unspecified atom stereocenters. The summed E-state index contributed by atoms with van der Waals surface area (Å²) in [6.45, 7) is 1.85. The summed E-state index contributed by atoms with van der Waals surface area (Å²) in [7, 11) is -3.79. The summed E-state index contributed by atoms with van der Waals surface area (Å²) in [6.07, 6.45) is 0.758. The first-order valence-electron chi connectivity index (χ1n) is 9.05. The molecule has 7 nitrogen and oxygen atoms in total. The van der Waals surface area contributed by atoms with E-state index in [4.69, 9.17) is 11.6 Å². The number of sulfonamides is 1. The van der Waals surface area contributed by atoms with Gasteiger partial charge in [0.15, 0.2) is 0 Å². The molecule has 2 fully saturated rings. The van der Waals surface area contributed by atoms with Gasteiger partial charge in [0, 0.05) is 0 Å². The number of rotatable bonds is 6. The van der Waals surface area contributed by atoms with Crippen molar-refractivity contribution >= 4 is 41.6 Å². The van der Waals surface area contributed by atoms with Crippen molar-refractivity contribution in [1.82, 2.24) is 24.5 Å². The standard InChI is InChI=1S/C17H16ClF2N5O2SSe/c1-17(4-5-17)24-28(26,27)9-6-10-12(15-21-22-16(29-15)14(19)20)13(8-2-3-8)23-25(10)11(18)7-9/h6-8,14,24H,2-5H2,1H3. The number of nitrogens with one attached hydrogen (secondary N) is 1. The Hall–Kier alpha value is -1.39. The minimum absolute atomic E-state index is 0.0210. The predicted octanol–water partition coefficient (Wildman–Crippen LogP) is 3.15. The van der Waals surface area contributed by atoms with Crippen LogP contribution in [0.4, 0.5) is 8.78 Å². The maximum atomic E-state index is 13.1. The van der Waals surface area contributed by atoms with E-state index in [1.54, 1.807) is 0 Å². The van der Waals surface area contributed by atoms with Gasteiger partial charge in [-0.2, -0.15) is 0 Å². The fourth-order valence-corrected chi connectivity index (χ4v) is 6.63. The van der Waals surface area contributed by atoms with Gasteiger partial charge in [0.2, 0.25) is 0 Å². The van der Waals surface area contributed by atoms with Gasteiger partial charge in [-0.25, -0.2) is 0 Å². The third-order valence-corrected chi connectivity index (χ3v) is 9.06. The Morgan fingerprint density at radius 1 is 1.31 bits per heavy atom. The van der Waals surface area contributed by atoms with E-state index in [-0.39, 0.29) is 20.5 Å². The number of fused-ring (bicyclic) bond motifs is 1. The number of nitrogens with zero attached hydrogens (tertiary/aromatic N) is 4. The van der Waals surface area contributed by atoms with Gasteiger partial charge in [-0.3, -0.25) is 0 Å². The average Bonchev–Trinajstić information content (AvgIpc) is 3.51. The van der Waals surface area contributed by atoms with Crippen molar-refractivity contribution in [2.45, 2.75) is 55.4 Å². The number of alkyl halides is 2. The fraction of sp³-hybridized carbons (Fsp3) is 0.471. The summed E-state index contributed by atoms with van der Waals surface area (Å²) >= 11 is 5.63. The number of hydrogen-bond acceptors (Lipinski definition) is 5. The van der Waals surface area contributed by atoms with Crippen LogP contribution in [0.1, 0.15) is 55.2 Å². The first-order chi connectivity index (χ1) is 13.7. The molecule has 0 aromatic carbocycles. The van der Waals surface area contributed by atoms with Crippen LogP contribution in [-0.2, 0) is 10.0 Å². The number of pyridine rings is 1. The molecule has 0 amide bonds. The van der Waals surface area contributed by atoms with Crippen LogP contribution in [0.3, 0.4) is 0 Å². The molecule has 154 valence electrons. The molecule has 2 aliphatic rings. The Labute approximate surface area is 176 Å². The van der Waals surface area contributed by atoms with E-state index in [1.165, 1.54) is 16.6 Å².